The van der Waals surface area contributed by atoms with Crippen LogP contribution in [-0.2, 0) is 0 Å². The molecule has 0 spiro atoms. The summed E-state index contributed by atoms with van der Waals surface area (Å²) in [6, 6.07) is 14.9. The highest BCUT2D eigenvalue weighted by Gasteiger charge is 2.17. The molecule has 0 saturated heterocycles. The molecule has 1 nitrogen and oxygen atoms in total. The monoisotopic (exact) mass is 460 g/mol. The number of benzene rings is 3. The molecule has 1 atom stereocenters. The lowest BCUT2D eigenvalue weighted by Crippen LogP contribution is -2.02. The van der Waals surface area contributed by atoms with Gasteiger partial charge in [-0.25, -0.2) is 8.78 Å². The Morgan fingerprint density at radius 3 is 2.21 bits per heavy atom. The van der Waals surface area contributed by atoms with E-state index in [0.717, 1.165) is 24.8 Å². The van der Waals surface area contributed by atoms with E-state index in [1.165, 1.54) is 23.8 Å². The fraction of sp³-hybridized carbons (Fsp3) is 0.200. The van der Waals surface area contributed by atoms with E-state index in [4.69, 9.17) is 4.74 Å². The van der Waals surface area contributed by atoms with Crippen molar-refractivity contribution in [3.8, 4) is 28.0 Å². The molecule has 0 N–H and O–H groups in total. The Hall–Kier alpha value is -3.53. The SMILES string of the molecule is C=CCOc1ccc(-c2ccc(-c3ccc(C4=CCC(/C=C/C)CC4)cc3F)cc2)c(F)c1F. The van der Waals surface area contributed by atoms with E-state index in [2.05, 4.69) is 24.8 Å². The molecule has 34 heavy (non-hydrogen) atoms. The van der Waals surface area contributed by atoms with Crippen LogP contribution < -0.4 is 4.74 Å². The maximum absolute atomic E-state index is 15.0. The van der Waals surface area contributed by atoms with Crippen molar-refractivity contribution in [1.29, 1.82) is 0 Å². The summed E-state index contributed by atoms with van der Waals surface area (Å²) < 4.78 is 49.1. The first-order valence-electron chi connectivity index (χ1n) is 11.5. The van der Waals surface area contributed by atoms with Crippen molar-refractivity contribution in [2.75, 3.05) is 6.61 Å². The van der Waals surface area contributed by atoms with Crippen LogP contribution in [0.25, 0.3) is 27.8 Å². The van der Waals surface area contributed by atoms with Crippen LogP contribution in [0.5, 0.6) is 5.75 Å². The van der Waals surface area contributed by atoms with Crippen LogP contribution in [0.3, 0.4) is 0 Å². The van der Waals surface area contributed by atoms with Crippen molar-refractivity contribution in [3.63, 3.8) is 0 Å². The normalized spacial score (nSPS) is 15.9. The van der Waals surface area contributed by atoms with Crippen molar-refractivity contribution in [1.82, 2.24) is 0 Å². The lowest BCUT2D eigenvalue weighted by atomic mass is 9.86. The lowest BCUT2D eigenvalue weighted by Gasteiger charge is -2.20. The molecule has 3 aromatic rings. The topological polar surface area (TPSA) is 9.23 Å². The molecule has 0 amide bonds. The average Bonchev–Trinajstić information content (AvgIpc) is 2.86. The van der Waals surface area contributed by atoms with Crippen LogP contribution >= 0.6 is 0 Å². The summed E-state index contributed by atoms with van der Waals surface area (Å²) in [6.07, 6.45) is 11.0. The Kier molecular flexibility index (Phi) is 7.36. The van der Waals surface area contributed by atoms with E-state index in [-0.39, 0.29) is 23.7 Å². The Bertz CT molecular complexity index is 1240. The van der Waals surface area contributed by atoms with Crippen LogP contribution in [0.1, 0.15) is 31.7 Å². The van der Waals surface area contributed by atoms with Gasteiger partial charge in [0.25, 0.3) is 0 Å². The van der Waals surface area contributed by atoms with E-state index < -0.39 is 11.6 Å². The summed E-state index contributed by atoms with van der Waals surface area (Å²) in [5, 5.41) is 0. The Labute approximate surface area is 198 Å². The van der Waals surface area contributed by atoms with Crippen molar-refractivity contribution in [2.45, 2.75) is 26.2 Å². The molecule has 3 aromatic carbocycles. The summed E-state index contributed by atoms with van der Waals surface area (Å²) >= 11 is 0. The minimum atomic E-state index is -1.04. The Morgan fingerprint density at radius 1 is 0.912 bits per heavy atom. The fourth-order valence-corrected chi connectivity index (χ4v) is 4.36. The van der Waals surface area contributed by atoms with E-state index in [1.807, 2.05) is 13.0 Å². The van der Waals surface area contributed by atoms with E-state index in [0.29, 0.717) is 22.6 Å². The van der Waals surface area contributed by atoms with Crippen molar-refractivity contribution in [2.24, 2.45) is 5.92 Å². The molecule has 174 valence electrons. The van der Waals surface area contributed by atoms with Gasteiger partial charge in [0.15, 0.2) is 11.6 Å². The molecule has 1 aliphatic rings. The lowest BCUT2D eigenvalue weighted by molar-refractivity contribution is 0.333. The molecular weight excluding hydrogens is 433 g/mol. The predicted molar refractivity (Wildman–Crippen MR) is 133 cm³/mol. The maximum Gasteiger partial charge on any atom is 0.201 e. The molecule has 0 fully saturated rings. The molecule has 1 unspecified atom stereocenters. The van der Waals surface area contributed by atoms with E-state index in [9.17, 15) is 8.78 Å². The minimum absolute atomic E-state index is 0.0861. The summed E-state index contributed by atoms with van der Waals surface area (Å²) in [7, 11) is 0. The van der Waals surface area contributed by atoms with Gasteiger partial charge in [0.2, 0.25) is 5.82 Å². The first-order valence-corrected chi connectivity index (χ1v) is 11.5. The number of hydrogen-bond acceptors (Lipinski definition) is 1. The quantitative estimate of drug-likeness (QED) is 0.320. The van der Waals surface area contributed by atoms with Gasteiger partial charge in [-0.1, -0.05) is 67.3 Å². The van der Waals surface area contributed by atoms with Crippen LogP contribution in [0.4, 0.5) is 13.2 Å². The van der Waals surface area contributed by atoms with Gasteiger partial charge >= 0.3 is 0 Å². The third kappa shape index (κ3) is 5.01. The molecule has 1 aliphatic carbocycles. The van der Waals surface area contributed by atoms with Crippen LogP contribution in [-0.4, -0.2) is 6.61 Å². The average molecular weight is 461 g/mol. The van der Waals surface area contributed by atoms with Crippen molar-refractivity contribution < 1.29 is 17.9 Å². The number of hydrogen-bond donors (Lipinski definition) is 0. The summed E-state index contributed by atoms with van der Waals surface area (Å²) in [5.41, 5.74) is 3.85. The predicted octanol–water partition coefficient (Wildman–Crippen LogP) is 8.76. The third-order valence-corrected chi connectivity index (χ3v) is 6.17. The maximum atomic E-state index is 15.0. The molecular formula is C30H27F3O. The van der Waals surface area contributed by atoms with Gasteiger partial charge in [0.1, 0.15) is 12.4 Å². The second-order valence-corrected chi connectivity index (χ2v) is 8.40. The molecule has 0 radical (unpaired) electrons. The molecule has 0 saturated carbocycles. The Morgan fingerprint density at radius 2 is 1.59 bits per heavy atom. The number of rotatable bonds is 7. The fourth-order valence-electron chi connectivity index (χ4n) is 4.36. The highest BCUT2D eigenvalue weighted by atomic mass is 19.2. The Balaban J connectivity index is 1.54. The first kappa shape index (κ1) is 23.6. The van der Waals surface area contributed by atoms with Gasteiger partial charge in [0, 0.05) is 11.1 Å². The highest BCUT2D eigenvalue weighted by molar-refractivity contribution is 5.74. The molecule has 0 heterocycles. The van der Waals surface area contributed by atoms with Gasteiger partial charge in [-0.05, 0) is 72.6 Å². The molecule has 4 heteroatoms. The highest BCUT2D eigenvalue weighted by Crippen LogP contribution is 2.35. The van der Waals surface area contributed by atoms with E-state index >= 15 is 4.39 Å². The molecule has 0 aliphatic heterocycles. The number of allylic oxidation sites excluding steroid dienone is 4. The second kappa shape index (κ2) is 10.6. The number of ether oxygens (including phenoxy) is 1. The van der Waals surface area contributed by atoms with Gasteiger partial charge in [0.05, 0.1) is 0 Å². The zero-order chi connectivity index (χ0) is 24.1. The van der Waals surface area contributed by atoms with E-state index in [1.54, 1.807) is 36.4 Å². The first-order chi connectivity index (χ1) is 16.5. The van der Waals surface area contributed by atoms with Crippen LogP contribution in [0.2, 0.25) is 0 Å². The molecule has 0 aromatic heterocycles. The third-order valence-electron chi connectivity index (χ3n) is 6.17. The summed E-state index contributed by atoms with van der Waals surface area (Å²) in [4.78, 5) is 0. The minimum Gasteiger partial charge on any atom is -0.486 e. The number of halogens is 3. The second-order valence-electron chi connectivity index (χ2n) is 8.40. The zero-order valence-corrected chi connectivity index (χ0v) is 19.2. The van der Waals surface area contributed by atoms with Crippen molar-refractivity contribution in [3.05, 3.63) is 108 Å². The van der Waals surface area contributed by atoms with Gasteiger partial charge in [-0.2, -0.15) is 4.39 Å². The zero-order valence-electron chi connectivity index (χ0n) is 19.2. The van der Waals surface area contributed by atoms with Crippen LogP contribution in [0.15, 0.2) is 85.5 Å². The van der Waals surface area contributed by atoms with Gasteiger partial charge < -0.3 is 4.74 Å². The smallest absolute Gasteiger partial charge is 0.201 e. The largest absolute Gasteiger partial charge is 0.486 e. The van der Waals surface area contributed by atoms with Gasteiger partial charge in [-0.3, -0.25) is 0 Å². The molecule has 0 bridgehead atoms. The standard InChI is InChI=1S/C30H27F3O/c1-3-5-20-6-8-21(9-7-20)24-14-15-25(27(31)19-24)22-10-12-23(13-11-22)26-16-17-28(34-18-4-2)30(33)29(26)32/h3-5,8,10-17,19-20H,2,6-7,9,18H2,1H3/b5-3+. The molecule has 4 rings (SSSR count). The summed E-state index contributed by atoms with van der Waals surface area (Å²) in [5.74, 6) is -1.93. The van der Waals surface area contributed by atoms with Crippen LogP contribution in [0, 0.1) is 23.4 Å². The summed E-state index contributed by atoms with van der Waals surface area (Å²) in [6.45, 7) is 5.62. The van der Waals surface area contributed by atoms with Crippen molar-refractivity contribution >= 4 is 5.57 Å². The van der Waals surface area contributed by atoms with Gasteiger partial charge in [-0.15, -0.1) is 0 Å².